The number of nitro groups is 1. The Kier molecular flexibility index (Phi) is 4.09. The first-order valence-corrected chi connectivity index (χ1v) is 4.89. The highest BCUT2D eigenvalue weighted by molar-refractivity contribution is 6.22. The SMILES string of the molecule is Cc1ccc(OCC(Cl)C#N)c([N+](=O)[O-])c1. The Morgan fingerprint density at radius 1 is 1.69 bits per heavy atom. The van der Waals surface area contributed by atoms with Crippen LogP contribution in [0.4, 0.5) is 5.69 Å². The molecule has 6 heteroatoms. The van der Waals surface area contributed by atoms with Gasteiger partial charge in [0.05, 0.1) is 11.0 Å². The number of benzene rings is 1. The summed E-state index contributed by atoms with van der Waals surface area (Å²) in [5, 5.41) is 18.3. The maximum absolute atomic E-state index is 10.7. The van der Waals surface area contributed by atoms with Crippen LogP contribution >= 0.6 is 11.6 Å². The van der Waals surface area contributed by atoms with Crippen molar-refractivity contribution in [3.63, 3.8) is 0 Å². The summed E-state index contributed by atoms with van der Waals surface area (Å²) in [5.74, 6) is 0.122. The molecule has 1 aromatic carbocycles. The monoisotopic (exact) mass is 240 g/mol. The lowest BCUT2D eigenvalue weighted by Crippen LogP contribution is -2.10. The lowest BCUT2D eigenvalue weighted by Gasteiger charge is -2.07. The Morgan fingerprint density at radius 2 is 2.38 bits per heavy atom. The van der Waals surface area contributed by atoms with Gasteiger partial charge in [0.1, 0.15) is 6.61 Å². The average Bonchev–Trinajstić information content (AvgIpc) is 2.26. The third-order valence-corrected chi connectivity index (χ3v) is 2.06. The van der Waals surface area contributed by atoms with Crippen LogP contribution < -0.4 is 4.74 Å². The molecule has 1 unspecified atom stereocenters. The molecule has 0 bridgehead atoms. The molecular formula is C10H9ClN2O3. The van der Waals surface area contributed by atoms with E-state index >= 15 is 0 Å². The summed E-state index contributed by atoms with van der Waals surface area (Å²) in [5.41, 5.74) is 0.642. The van der Waals surface area contributed by atoms with E-state index in [1.807, 2.05) is 0 Å². The predicted octanol–water partition coefficient (Wildman–Crippen LogP) is 2.41. The first-order valence-electron chi connectivity index (χ1n) is 4.46. The van der Waals surface area contributed by atoms with Crippen LogP contribution in [0.15, 0.2) is 18.2 Å². The summed E-state index contributed by atoms with van der Waals surface area (Å²) in [7, 11) is 0. The maximum atomic E-state index is 10.7. The van der Waals surface area contributed by atoms with Crippen LogP contribution in [0.3, 0.4) is 0 Å². The van der Waals surface area contributed by atoms with Crippen LogP contribution in [0, 0.1) is 28.4 Å². The van der Waals surface area contributed by atoms with E-state index in [9.17, 15) is 10.1 Å². The molecule has 0 saturated carbocycles. The summed E-state index contributed by atoms with van der Waals surface area (Å²) < 4.78 is 5.11. The number of nitriles is 1. The van der Waals surface area contributed by atoms with E-state index in [1.165, 1.54) is 12.1 Å². The smallest absolute Gasteiger partial charge is 0.311 e. The topological polar surface area (TPSA) is 76.2 Å². The van der Waals surface area contributed by atoms with Gasteiger partial charge >= 0.3 is 5.69 Å². The molecule has 0 heterocycles. The van der Waals surface area contributed by atoms with Crippen LogP contribution in [0.25, 0.3) is 0 Å². The molecule has 1 rings (SSSR count). The van der Waals surface area contributed by atoms with E-state index in [0.29, 0.717) is 0 Å². The third-order valence-electron chi connectivity index (χ3n) is 1.84. The molecule has 0 aliphatic carbocycles. The lowest BCUT2D eigenvalue weighted by molar-refractivity contribution is -0.385. The largest absolute Gasteiger partial charge is 0.484 e. The van der Waals surface area contributed by atoms with Gasteiger partial charge in [-0.05, 0) is 18.6 Å². The van der Waals surface area contributed by atoms with E-state index in [0.717, 1.165) is 5.56 Å². The van der Waals surface area contributed by atoms with Crippen molar-refractivity contribution in [2.45, 2.75) is 12.3 Å². The van der Waals surface area contributed by atoms with Crippen molar-refractivity contribution >= 4 is 17.3 Å². The first-order chi connectivity index (χ1) is 7.54. The molecule has 0 fully saturated rings. The molecule has 16 heavy (non-hydrogen) atoms. The van der Waals surface area contributed by atoms with E-state index < -0.39 is 10.3 Å². The van der Waals surface area contributed by atoms with Gasteiger partial charge in [-0.25, -0.2) is 0 Å². The lowest BCUT2D eigenvalue weighted by atomic mass is 10.2. The minimum absolute atomic E-state index is 0.0814. The van der Waals surface area contributed by atoms with Gasteiger partial charge in [0.15, 0.2) is 11.1 Å². The molecule has 0 radical (unpaired) electrons. The second-order valence-corrected chi connectivity index (χ2v) is 3.66. The molecule has 1 atom stereocenters. The maximum Gasteiger partial charge on any atom is 0.311 e. The van der Waals surface area contributed by atoms with Gasteiger partial charge in [-0.15, -0.1) is 11.6 Å². The van der Waals surface area contributed by atoms with E-state index in [2.05, 4.69) is 0 Å². The molecule has 5 nitrogen and oxygen atoms in total. The van der Waals surface area contributed by atoms with Crippen molar-refractivity contribution in [1.29, 1.82) is 5.26 Å². The quantitative estimate of drug-likeness (QED) is 0.460. The Balaban J connectivity index is 2.88. The standard InChI is InChI=1S/C10H9ClN2O3/c1-7-2-3-10(9(4-7)13(14)15)16-6-8(11)5-12/h2-4,8H,6H2,1H3. The van der Waals surface area contributed by atoms with Crippen molar-refractivity contribution in [3.05, 3.63) is 33.9 Å². The predicted molar refractivity (Wildman–Crippen MR) is 58.6 cm³/mol. The number of alkyl halides is 1. The molecule has 0 amide bonds. The molecule has 84 valence electrons. The highest BCUT2D eigenvalue weighted by atomic mass is 35.5. The van der Waals surface area contributed by atoms with Crippen molar-refractivity contribution in [3.8, 4) is 11.8 Å². The summed E-state index contributed by atoms with van der Waals surface area (Å²) in [6, 6.07) is 6.36. The van der Waals surface area contributed by atoms with Crippen LogP contribution in [-0.2, 0) is 0 Å². The van der Waals surface area contributed by atoms with Crippen LogP contribution in [0.2, 0.25) is 0 Å². The van der Waals surface area contributed by atoms with Gasteiger partial charge in [0.2, 0.25) is 0 Å². The molecule has 0 spiro atoms. The molecule has 0 N–H and O–H groups in total. The zero-order valence-corrected chi connectivity index (χ0v) is 9.27. The zero-order chi connectivity index (χ0) is 12.1. The zero-order valence-electron chi connectivity index (χ0n) is 8.51. The van der Waals surface area contributed by atoms with Crippen LogP contribution in [0.1, 0.15) is 5.56 Å². The third kappa shape index (κ3) is 3.11. The fourth-order valence-corrected chi connectivity index (χ4v) is 1.16. The number of rotatable bonds is 4. The molecule has 0 aliphatic rings. The number of hydrogen-bond donors (Lipinski definition) is 0. The fourth-order valence-electron chi connectivity index (χ4n) is 1.09. The van der Waals surface area contributed by atoms with Gasteiger partial charge in [-0.3, -0.25) is 10.1 Å². The molecular weight excluding hydrogens is 232 g/mol. The number of aryl methyl sites for hydroxylation is 1. The van der Waals surface area contributed by atoms with Crippen LogP contribution in [0.5, 0.6) is 5.75 Å². The number of halogens is 1. The number of nitrogens with zero attached hydrogens (tertiary/aromatic N) is 2. The van der Waals surface area contributed by atoms with Gasteiger partial charge in [-0.2, -0.15) is 5.26 Å². The highest BCUT2D eigenvalue weighted by Crippen LogP contribution is 2.27. The van der Waals surface area contributed by atoms with Crippen molar-refractivity contribution in [2.24, 2.45) is 0 Å². The van der Waals surface area contributed by atoms with Crippen molar-refractivity contribution in [1.82, 2.24) is 0 Å². The Labute approximate surface area is 97.4 Å². The van der Waals surface area contributed by atoms with Gasteiger partial charge < -0.3 is 4.74 Å². The number of nitro benzene ring substituents is 1. The molecule has 1 aromatic rings. The molecule has 0 aliphatic heterocycles. The minimum Gasteiger partial charge on any atom is -0.484 e. The Morgan fingerprint density at radius 3 is 2.94 bits per heavy atom. The van der Waals surface area contributed by atoms with Crippen molar-refractivity contribution < 1.29 is 9.66 Å². The minimum atomic E-state index is -0.819. The van der Waals surface area contributed by atoms with Gasteiger partial charge in [-0.1, -0.05) is 6.07 Å². The fraction of sp³-hybridized carbons (Fsp3) is 0.300. The summed E-state index contributed by atoms with van der Waals surface area (Å²) in [4.78, 5) is 10.2. The number of hydrogen-bond acceptors (Lipinski definition) is 4. The van der Waals surface area contributed by atoms with Gasteiger partial charge in [0.25, 0.3) is 0 Å². The number of ether oxygens (including phenoxy) is 1. The average molecular weight is 241 g/mol. The second-order valence-electron chi connectivity index (χ2n) is 3.14. The summed E-state index contributed by atoms with van der Waals surface area (Å²) >= 11 is 5.52. The Bertz CT molecular complexity index is 442. The summed E-state index contributed by atoms with van der Waals surface area (Å²) in [6.45, 7) is 1.67. The van der Waals surface area contributed by atoms with Gasteiger partial charge in [0, 0.05) is 6.07 Å². The summed E-state index contributed by atoms with van der Waals surface area (Å²) in [6.07, 6.45) is 0. The first kappa shape index (κ1) is 12.3. The normalized spacial score (nSPS) is 11.6. The van der Waals surface area contributed by atoms with E-state index in [4.69, 9.17) is 21.6 Å². The van der Waals surface area contributed by atoms with Crippen molar-refractivity contribution in [2.75, 3.05) is 6.61 Å². The van der Waals surface area contributed by atoms with Crippen LogP contribution in [-0.4, -0.2) is 16.9 Å². The van der Waals surface area contributed by atoms with E-state index in [-0.39, 0.29) is 18.0 Å². The second kappa shape index (κ2) is 5.33. The highest BCUT2D eigenvalue weighted by Gasteiger charge is 2.16. The van der Waals surface area contributed by atoms with E-state index in [1.54, 1.807) is 19.1 Å². The Hall–Kier alpha value is -1.80. The molecule has 0 aromatic heterocycles. The molecule has 0 saturated heterocycles.